The lowest BCUT2D eigenvalue weighted by Gasteiger charge is -2.06. The van der Waals surface area contributed by atoms with E-state index in [1.165, 1.54) is 11.8 Å². The molecule has 1 aromatic heterocycles. The maximum atomic E-state index is 11.6. The first-order valence-electron chi connectivity index (χ1n) is 5.97. The first-order valence-corrected chi connectivity index (χ1v) is 7.16. The molecule has 0 aliphatic carbocycles. The van der Waals surface area contributed by atoms with Crippen LogP contribution in [-0.2, 0) is 13.1 Å². The van der Waals surface area contributed by atoms with Crippen molar-refractivity contribution in [2.45, 2.75) is 36.5 Å². The zero-order chi connectivity index (χ0) is 13.8. The van der Waals surface area contributed by atoms with E-state index >= 15 is 0 Å². The second kappa shape index (κ2) is 6.27. The van der Waals surface area contributed by atoms with Crippen molar-refractivity contribution < 1.29 is 0 Å². The van der Waals surface area contributed by atoms with Crippen LogP contribution in [0.2, 0.25) is 5.02 Å². The molecule has 1 aromatic carbocycles. The second-order valence-electron chi connectivity index (χ2n) is 4.03. The minimum Gasteiger partial charge on any atom is -0.326 e. The van der Waals surface area contributed by atoms with E-state index in [0.717, 1.165) is 16.9 Å². The van der Waals surface area contributed by atoms with E-state index in [0.29, 0.717) is 23.3 Å². The third-order valence-corrected chi connectivity index (χ3v) is 4.10. The highest BCUT2D eigenvalue weighted by Gasteiger charge is 2.11. The predicted octanol–water partition coefficient (Wildman–Crippen LogP) is 2.24. The topological polar surface area (TPSA) is 76.7 Å². The number of hydrogen-bond acceptors (Lipinski definition) is 4. The Morgan fingerprint density at radius 3 is 2.95 bits per heavy atom. The third kappa shape index (κ3) is 3.20. The van der Waals surface area contributed by atoms with Crippen LogP contribution < -0.4 is 11.4 Å². The molecule has 0 amide bonds. The Bertz CT molecular complexity index is 622. The standard InChI is InChI=1S/C12H15ClN4OS/c1-2-5-17-11(18)15-16-12(17)19-10-4-3-8(7-14)6-9(10)13/h3-4,6H,2,5,7,14H2,1H3,(H,15,18). The van der Waals surface area contributed by atoms with Crippen LogP contribution in [0.15, 0.2) is 33.0 Å². The number of nitrogens with one attached hydrogen (secondary N) is 1. The summed E-state index contributed by atoms with van der Waals surface area (Å²) in [5.74, 6) is 0. The fourth-order valence-electron chi connectivity index (χ4n) is 1.65. The lowest BCUT2D eigenvalue weighted by molar-refractivity contribution is 0.604. The summed E-state index contributed by atoms with van der Waals surface area (Å²) in [6, 6.07) is 5.65. The molecule has 0 radical (unpaired) electrons. The molecule has 0 saturated carbocycles. The van der Waals surface area contributed by atoms with Crippen molar-refractivity contribution >= 4 is 23.4 Å². The molecule has 0 fully saturated rings. The fraction of sp³-hybridized carbons (Fsp3) is 0.333. The molecule has 0 bridgehead atoms. The van der Waals surface area contributed by atoms with Crippen molar-refractivity contribution in [1.82, 2.24) is 14.8 Å². The summed E-state index contributed by atoms with van der Waals surface area (Å²) in [4.78, 5) is 12.4. The van der Waals surface area contributed by atoms with Gasteiger partial charge in [0, 0.05) is 18.0 Å². The Morgan fingerprint density at radius 1 is 1.53 bits per heavy atom. The fourth-order valence-corrected chi connectivity index (χ4v) is 2.84. The van der Waals surface area contributed by atoms with E-state index < -0.39 is 0 Å². The van der Waals surface area contributed by atoms with Gasteiger partial charge in [-0.2, -0.15) is 0 Å². The smallest absolute Gasteiger partial charge is 0.326 e. The van der Waals surface area contributed by atoms with Gasteiger partial charge in [-0.15, -0.1) is 5.10 Å². The highest BCUT2D eigenvalue weighted by atomic mass is 35.5. The highest BCUT2D eigenvalue weighted by molar-refractivity contribution is 7.99. The molecule has 0 aliphatic rings. The molecular formula is C12H15ClN4OS. The minimum atomic E-state index is -0.195. The summed E-state index contributed by atoms with van der Waals surface area (Å²) in [6.45, 7) is 3.10. The number of nitrogens with zero attached hydrogens (tertiary/aromatic N) is 2. The number of benzene rings is 1. The van der Waals surface area contributed by atoms with Gasteiger partial charge in [0.05, 0.1) is 5.02 Å². The third-order valence-electron chi connectivity index (χ3n) is 2.60. The van der Waals surface area contributed by atoms with E-state index in [9.17, 15) is 4.79 Å². The number of nitrogens with two attached hydrogens (primary N) is 1. The average Bonchev–Trinajstić information content (AvgIpc) is 2.74. The monoisotopic (exact) mass is 298 g/mol. The van der Waals surface area contributed by atoms with E-state index in [1.54, 1.807) is 4.57 Å². The average molecular weight is 299 g/mol. The Hall–Kier alpha value is -1.24. The Labute approximate surface area is 120 Å². The highest BCUT2D eigenvalue weighted by Crippen LogP contribution is 2.32. The van der Waals surface area contributed by atoms with Gasteiger partial charge in [0.25, 0.3) is 0 Å². The molecule has 102 valence electrons. The summed E-state index contributed by atoms with van der Waals surface area (Å²) in [5.41, 5.74) is 6.34. The first kappa shape index (κ1) is 14.2. The summed E-state index contributed by atoms with van der Waals surface area (Å²) >= 11 is 7.56. The molecule has 0 spiro atoms. The Balaban J connectivity index is 2.28. The molecule has 2 rings (SSSR count). The van der Waals surface area contributed by atoms with Gasteiger partial charge in [-0.3, -0.25) is 4.57 Å². The number of H-pyrrole nitrogens is 1. The van der Waals surface area contributed by atoms with Crippen molar-refractivity contribution in [3.8, 4) is 0 Å². The summed E-state index contributed by atoms with van der Waals surface area (Å²) in [5, 5.41) is 7.71. The van der Waals surface area contributed by atoms with Gasteiger partial charge in [0.1, 0.15) is 0 Å². The van der Waals surface area contributed by atoms with Crippen LogP contribution in [0.1, 0.15) is 18.9 Å². The predicted molar refractivity (Wildman–Crippen MR) is 76.6 cm³/mol. The van der Waals surface area contributed by atoms with Crippen molar-refractivity contribution in [3.05, 3.63) is 39.3 Å². The normalized spacial score (nSPS) is 10.9. The quantitative estimate of drug-likeness (QED) is 0.887. The van der Waals surface area contributed by atoms with Gasteiger partial charge in [-0.05, 0) is 35.9 Å². The van der Waals surface area contributed by atoms with Crippen LogP contribution in [0.4, 0.5) is 0 Å². The molecule has 0 saturated heterocycles. The van der Waals surface area contributed by atoms with Gasteiger partial charge in [0.2, 0.25) is 0 Å². The number of hydrogen-bond donors (Lipinski definition) is 2. The molecule has 0 aliphatic heterocycles. The molecule has 3 N–H and O–H groups in total. The van der Waals surface area contributed by atoms with E-state index in [1.807, 2.05) is 25.1 Å². The van der Waals surface area contributed by atoms with Crippen LogP contribution in [0, 0.1) is 0 Å². The first-order chi connectivity index (χ1) is 9.15. The molecule has 5 nitrogen and oxygen atoms in total. The molecule has 1 heterocycles. The molecule has 0 unspecified atom stereocenters. The summed E-state index contributed by atoms with van der Waals surface area (Å²) in [6.07, 6.45) is 0.868. The van der Waals surface area contributed by atoms with Crippen LogP contribution in [0.25, 0.3) is 0 Å². The zero-order valence-corrected chi connectivity index (χ0v) is 12.1. The van der Waals surface area contributed by atoms with Crippen LogP contribution in [0.5, 0.6) is 0 Å². The van der Waals surface area contributed by atoms with Crippen molar-refractivity contribution in [2.75, 3.05) is 0 Å². The van der Waals surface area contributed by atoms with Crippen LogP contribution in [0.3, 0.4) is 0 Å². The van der Waals surface area contributed by atoms with Crippen LogP contribution >= 0.6 is 23.4 Å². The Kier molecular flexibility index (Phi) is 4.68. The number of aromatic amines is 1. The number of halogens is 1. The van der Waals surface area contributed by atoms with E-state index in [-0.39, 0.29) is 5.69 Å². The van der Waals surface area contributed by atoms with Crippen molar-refractivity contribution in [3.63, 3.8) is 0 Å². The van der Waals surface area contributed by atoms with Gasteiger partial charge in [-0.25, -0.2) is 9.89 Å². The van der Waals surface area contributed by atoms with Gasteiger partial charge >= 0.3 is 5.69 Å². The molecular weight excluding hydrogens is 284 g/mol. The van der Waals surface area contributed by atoms with Crippen molar-refractivity contribution in [1.29, 1.82) is 0 Å². The maximum Gasteiger partial charge on any atom is 0.343 e. The SMILES string of the molecule is CCCn1c(Sc2ccc(CN)cc2Cl)n[nH]c1=O. The second-order valence-corrected chi connectivity index (χ2v) is 5.45. The lowest BCUT2D eigenvalue weighted by atomic mass is 10.2. The maximum absolute atomic E-state index is 11.6. The van der Waals surface area contributed by atoms with Gasteiger partial charge in [-0.1, -0.05) is 24.6 Å². The summed E-state index contributed by atoms with van der Waals surface area (Å²) in [7, 11) is 0. The largest absolute Gasteiger partial charge is 0.343 e. The number of rotatable bonds is 5. The van der Waals surface area contributed by atoms with Gasteiger partial charge < -0.3 is 5.73 Å². The Morgan fingerprint density at radius 2 is 2.32 bits per heavy atom. The summed E-state index contributed by atoms with van der Waals surface area (Å²) < 4.78 is 1.61. The van der Waals surface area contributed by atoms with E-state index in [4.69, 9.17) is 17.3 Å². The van der Waals surface area contributed by atoms with E-state index in [2.05, 4.69) is 10.2 Å². The van der Waals surface area contributed by atoms with Crippen molar-refractivity contribution in [2.24, 2.45) is 5.73 Å². The zero-order valence-electron chi connectivity index (χ0n) is 10.5. The van der Waals surface area contributed by atoms with Crippen LogP contribution in [-0.4, -0.2) is 14.8 Å². The minimum absolute atomic E-state index is 0.195. The molecule has 19 heavy (non-hydrogen) atoms. The number of aromatic nitrogens is 3. The van der Waals surface area contributed by atoms with Gasteiger partial charge in [0.15, 0.2) is 5.16 Å². The molecule has 0 atom stereocenters. The lowest BCUT2D eigenvalue weighted by Crippen LogP contribution is -2.17. The molecule has 7 heteroatoms. The molecule has 2 aromatic rings.